The fourth-order valence-electron chi connectivity index (χ4n) is 9.28. The van der Waals surface area contributed by atoms with Crippen LogP contribution in [-0.4, -0.2) is 14.1 Å². The van der Waals surface area contributed by atoms with Gasteiger partial charge in [0.2, 0.25) is 0 Å². The lowest BCUT2D eigenvalue weighted by molar-refractivity contribution is -0.144. The third-order valence-corrected chi connectivity index (χ3v) is 12.5. The molecule has 0 spiro atoms. The van der Waals surface area contributed by atoms with Crippen LogP contribution in [-0.2, 0) is 37.1 Å². The molecule has 74 heavy (non-hydrogen) atoms. The van der Waals surface area contributed by atoms with E-state index in [9.17, 15) is 79.0 Å². The molecule has 10 aromatic rings. The molecule has 0 fully saturated rings. The minimum atomic E-state index is -5.39. The van der Waals surface area contributed by atoms with E-state index in [2.05, 4.69) is 4.98 Å². The highest BCUT2D eigenvalue weighted by molar-refractivity contribution is 6.12. The summed E-state index contributed by atoms with van der Waals surface area (Å²) in [6.07, 6.45) is -30.7. The Morgan fingerprint density at radius 1 is 0.297 bits per heavy atom. The number of alkyl halides is 18. The Bertz CT molecular complexity index is 3850. The Balaban J connectivity index is 1.29. The van der Waals surface area contributed by atoms with Gasteiger partial charge in [0.05, 0.1) is 67.3 Å². The van der Waals surface area contributed by atoms with Crippen molar-refractivity contribution in [1.29, 1.82) is 0 Å². The lowest BCUT2D eigenvalue weighted by Gasteiger charge is -2.19. The van der Waals surface area contributed by atoms with Crippen molar-refractivity contribution >= 4 is 43.6 Å². The fraction of sp³-hybridized carbons (Fsp3) is 0.113. The third kappa shape index (κ3) is 8.70. The molecule has 3 aromatic heterocycles. The summed E-state index contributed by atoms with van der Waals surface area (Å²) < 4.78 is 260. The van der Waals surface area contributed by atoms with Crippen molar-refractivity contribution in [1.82, 2.24) is 14.1 Å². The third-order valence-electron chi connectivity index (χ3n) is 12.5. The van der Waals surface area contributed by atoms with Crippen LogP contribution >= 0.6 is 0 Å². The van der Waals surface area contributed by atoms with Crippen LogP contribution in [0, 0.1) is 0 Å². The number of halogens is 18. The molecule has 3 nitrogen and oxygen atoms in total. The molecular formula is C53H25F18N3. The number of hydrogen-bond donors (Lipinski definition) is 0. The average molecular weight is 1050 g/mol. The quantitative estimate of drug-likeness (QED) is 0.158. The molecule has 0 amide bonds. The van der Waals surface area contributed by atoms with E-state index in [1.54, 1.807) is 24.3 Å². The molecule has 0 aliphatic carbocycles. The first-order chi connectivity index (χ1) is 34.5. The van der Waals surface area contributed by atoms with Crippen molar-refractivity contribution in [3.63, 3.8) is 0 Å². The zero-order chi connectivity index (χ0) is 53.2. The van der Waals surface area contributed by atoms with E-state index in [1.165, 1.54) is 63.7 Å². The highest BCUT2D eigenvalue weighted by Crippen LogP contribution is 2.47. The number of aromatic nitrogens is 3. The lowest BCUT2D eigenvalue weighted by atomic mass is 9.95. The number of fused-ring (bicyclic) bond motifs is 6. The molecule has 378 valence electrons. The van der Waals surface area contributed by atoms with Crippen molar-refractivity contribution in [3.8, 4) is 44.9 Å². The van der Waals surface area contributed by atoms with Crippen LogP contribution < -0.4 is 0 Å². The Morgan fingerprint density at radius 3 is 1.14 bits per heavy atom. The van der Waals surface area contributed by atoms with Gasteiger partial charge in [-0.1, -0.05) is 72.8 Å². The van der Waals surface area contributed by atoms with Gasteiger partial charge in [-0.2, -0.15) is 79.0 Å². The van der Waals surface area contributed by atoms with Crippen LogP contribution in [0.3, 0.4) is 0 Å². The first-order valence-corrected chi connectivity index (χ1v) is 21.4. The maximum Gasteiger partial charge on any atom is 0.417 e. The second kappa shape index (κ2) is 16.8. The first-order valence-electron chi connectivity index (χ1n) is 21.4. The number of hydrogen-bond acceptors (Lipinski definition) is 1. The average Bonchev–Trinajstić information content (AvgIpc) is 3.83. The van der Waals surface area contributed by atoms with E-state index < -0.39 is 92.7 Å². The summed E-state index contributed by atoms with van der Waals surface area (Å²) in [7, 11) is 0. The van der Waals surface area contributed by atoms with Crippen molar-refractivity contribution in [3.05, 3.63) is 185 Å². The maximum atomic E-state index is 14.6. The summed E-state index contributed by atoms with van der Waals surface area (Å²) in [5, 5.41) is 1.33. The SMILES string of the molecule is FC(F)(F)c1cc(-c2cc(-n3c4ccccc4c4ccc(-c5ccc(C(F)(F)F)cc5C(F)(F)F)cc43)ncc2-n2c3ccccc3c3ccc(-c4ccc(C(F)(F)F)cc4C(F)(F)F)cc32)cc(C(F)(F)F)c1. The van der Waals surface area contributed by atoms with Gasteiger partial charge in [0.25, 0.3) is 0 Å². The van der Waals surface area contributed by atoms with E-state index in [4.69, 9.17) is 0 Å². The smallest absolute Gasteiger partial charge is 0.307 e. The van der Waals surface area contributed by atoms with Gasteiger partial charge in [-0.3, -0.25) is 4.57 Å². The zero-order valence-electron chi connectivity index (χ0n) is 36.6. The minimum Gasteiger partial charge on any atom is -0.307 e. The summed E-state index contributed by atoms with van der Waals surface area (Å²) in [5.41, 5.74) is -13.0. The van der Waals surface area contributed by atoms with Crippen LogP contribution in [0.4, 0.5) is 79.0 Å². The van der Waals surface area contributed by atoms with E-state index >= 15 is 0 Å². The number of nitrogens with zero attached hydrogens (tertiary/aromatic N) is 3. The van der Waals surface area contributed by atoms with E-state index in [0.29, 0.717) is 52.6 Å². The Morgan fingerprint density at radius 2 is 0.703 bits per heavy atom. The molecule has 0 unspecified atom stereocenters. The molecule has 21 heteroatoms. The van der Waals surface area contributed by atoms with Gasteiger partial charge >= 0.3 is 37.1 Å². The van der Waals surface area contributed by atoms with Gasteiger partial charge in [0, 0.05) is 27.1 Å². The largest absolute Gasteiger partial charge is 0.417 e. The van der Waals surface area contributed by atoms with Gasteiger partial charge in [-0.25, -0.2) is 4.98 Å². The number of rotatable bonds is 5. The highest BCUT2D eigenvalue weighted by atomic mass is 19.4. The van der Waals surface area contributed by atoms with Crippen molar-refractivity contribution in [2.45, 2.75) is 37.1 Å². The molecule has 10 rings (SSSR count). The second-order valence-corrected chi connectivity index (χ2v) is 17.0. The molecule has 0 radical (unpaired) electrons. The van der Waals surface area contributed by atoms with Crippen LogP contribution in [0.1, 0.15) is 33.4 Å². The highest BCUT2D eigenvalue weighted by Gasteiger charge is 2.41. The lowest BCUT2D eigenvalue weighted by Crippen LogP contribution is -2.12. The number of benzene rings is 7. The Labute approximate surface area is 403 Å². The number of pyridine rings is 1. The maximum absolute atomic E-state index is 14.6. The van der Waals surface area contributed by atoms with Gasteiger partial charge in [0.15, 0.2) is 0 Å². The van der Waals surface area contributed by atoms with Crippen LogP contribution in [0.2, 0.25) is 0 Å². The molecule has 0 saturated heterocycles. The topological polar surface area (TPSA) is 22.8 Å². The summed E-state index contributed by atoms with van der Waals surface area (Å²) in [6.45, 7) is 0. The van der Waals surface area contributed by atoms with Crippen molar-refractivity contribution in [2.24, 2.45) is 0 Å². The summed E-state index contributed by atoms with van der Waals surface area (Å²) >= 11 is 0. The van der Waals surface area contributed by atoms with Crippen molar-refractivity contribution < 1.29 is 79.0 Å². The van der Waals surface area contributed by atoms with Crippen molar-refractivity contribution in [2.75, 3.05) is 0 Å². The van der Waals surface area contributed by atoms with Crippen LogP contribution in [0.5, 0.6) is 0 Å². The van der Waals surface area contributed by atoms with Gasteiger partial charge in [-0.15, -0.1) is 0 Å². The minimum absolute atomic E-state index is 0.0291. The van der Waals surface area contributed by atoms with Gasteiger partial charge in [0.1, 0.15) is 5.82 Å². The normalized spacial score (nSPS) is 13.3. The Kier molecular flexibility index (Phi) is 11.3. The molecule has 0 saturated carbocycles. The molecule has 0 aliphatic heterocycles. The Hall–Kier alpha value is -7.97. The van der Waals surface area contributed by atoms with E-state index in [0.717, 1.165) is 18.3 Å². The number of para-hydroxylation sites is 2. The fourth-order valence-corrected chi connectivity index (χ4v) is 9.28. The molecule has 0 aliphatic rings. The summed E-state index contributed by atoms with van der Waals surface area (Å²) in [4.78, 5) is 4.61. The molecular weight excluding hydrogens is 1020 g/mol. The molecule has 0 atom stereocenters. The van der Waals surface area contributed by atoms with Crippen LogP contribution in [0.15, 0.2) is 152 Å². The van der Waals surface area contributed by atoms with Crippen LogP contribution in [0.25, 0.3) is 88.5 Å². The van der Waals surface area contributed by atoms with Gasteiger partial charge < -0.3 is 4.57 Å². The van der Waals surface area contributed by atoms with E-state index in [1.807, 2.05) is 0 Å². The molecule has 3 heterocycles. The predicted molar refractivity (Wildman–Crippen MR) is 239 cm³/mol. The predicted octanol–water partition coefficient (Wildman–Crippen LogP) is 18.4. The summed E-state index contributed by atoms with van der Waals surface area (Å²) in [5.74, 6) is -0.262. The first kappa shape index (κ1) is 49.6. The molecule has 0 N–H and O–H groups in total. The standard InChI is InChI=1S/C53H25F18N3/c54-48(55,56)29-11-15-33(40(22-29)52(66,67)68)26-9-13-37-35-5-1-3-7-42(35)73(44(37)19-26)46-25-72-47(24-39(46)28-17-31(50(60,61)62)21-32(18-28)51(63,64)65)74-43-8-4-2-6-36(43)38-14-10-27(20-45(38)74)34-16-12-30(49(57,58)59)23-41(34)53(69,70)71/h1-25H. The molecule has 7 aromatic carbocycles. The summed E-state index contributed by atoms with van der Waals surface area (Å²) in [6, 6.07) is 23.6. The monoisotopic (exact) mass is 1050 g/mol. The molecule has 0 bridgehead atoms. The zero-order valence-corrected chi connectivity index (χ0v) is 36.6. The van der Waals surface area contributed by atoms with E-state index in [-0.39, 0.29) is 68.3 Å². The van der Waals surface area contributed by atoms with Gasteiger partial charge in [-0.05, 0) is 101 Å². The second-order valence-electron chi connectivity index (χ2n) is 17.0.